The number of rotatable bonds is 6. The first kappa shape index (κ1) is 22.6. The highest BCUT2D eigenvalue weighted by Gasteiger charge is 2.35. The maximum atomic E-state index is 13.2. The summed E-state index contributed by atoms with van der Waals surface area (Å²) in [5.41, 5.74) is 8.41. The normalized spacial score (nSPS) is 18.8. The van der Waals surface area contributed by atoms with Gasteiger partial charge in [-0.15, -0.1) is 0 Å². The van der Waals surface area contributed by atoms with E-state index in [2.05, 4.69) is 5.32 Å². The Hall–Kier alpha value is -2.61. The van der Waals surface area contributed by atoms with Crippen LogP contribution in [0.1, 0.15) is 38.2 Å². The number of para-hydroxylation sites is 1. The first-order chi connectivity index (χ1) is 15.4. The van der Waals surface area contributed by atoms with Gasteiger partial charge in [-0.2, -0.15) is 0 Å². The Morgan fingerprint density at radius 3 is 2.62 bits per heavy atom. The third kappa shape index (κ3) is 4.75. The molecule has 1 saturated carbocycles. The lowest BCUT2D eigenvalue weighted by atomic mass is 9.96. The van der Waals surface area contributed by atoms with E-state index < -0.39 is 6.09 Å². The van der Waals surface area contributed by atoms with Crippen molar-refractivity contribution in [1.82, 2.24) is 5.32 Å². The Morgan fingerprint density at radius 1 is 1.22 bits per heavy atom. The number of nitrogens with one attached hydrogen (secondary N) is 1. The van der Waals surface area contributed by atoms with E-state index >= 15 is 0 Å². The maximum Gasteiger partial charge on any atom is 0.419 e. The number of nitrogens with two attached hydrogens (primary N) is 1. The van der Waals surface area contributed by atoms with Crippen molar-refractivity contribution in [3.63, 3.8) is 0 Å². The minimum atomic E-state index is -0.535. The van der Waals surface area contributed by atoms with Crippen LogP contribution in [0.15, 0.2) is 42.5 Å². The van der Waals surface area contributed by atoms with Crippen molar-refractivity contribution < 1.29 is 14.3 Å². The zero-order valence-corrected chi connectivity index (χ0v) is 19.1. The summed E-state index contributed by atoms with van der Waals surface area (Å²) in [7, 11) is 0. The Morgan fingerprint density at radius 2 is 1.97 bits per heavy atom. The second-order valence-corrected chi connectivity index (χ2v) is 8.92. The topological polar surface area (TPSA) is 87.9 Å². The molecule has 1 aliphatic heterocycles. The molecule has 1 unspecified atom stereocenters. The summed E-state index contributed by atoms with van der Waals surface area (Å²) in [5.74, 6) is 0.329. The molecule has 0 saturated heterocycles. The van der Waals surface area contributed by atoms with E-state index in [9.17, 15) is 9.59 Å². The van der Waals surface area contributed by atoms with Gasteiger partial charge in [0.25, 0.3) is 0 Å². The molecular weight excluding hydrogens is 428 g/mol. The van der Waals surface area contributed by atoms with Gasteiger partial charge in [0, 0.05) is 38.5 Å². The Bertz CT molecular complexity index is 1010. The number of halogens is 1. The van der Waals surface area contributed by atoms with Crippen LogP contribution < -0.4 is 25.6 Å². The highest BCUT2D eigenvalue weighted by molar-refractivity contribution is 6.32. The summed E-state index contributed by atoms with van der Waals surface area (Å²) in [5, 5.41) is 3.89. The summed E-state index contributed by atoms with van der Waals surface area (Å²) >= 11 is 6.18. The van der Waals surface area contributed by atoms with E-state index in [1.54, 1.807) is 34.1 Å². The summed E-state index contributed by atoms with van der Waals surface area (Å²) < 4.78 is 5.61. The molecule has 170 valence electrons. The molecule has 3 N–H and O–H groups in total. The predicted octanol–water partition coefficient (Wildman–Crippen LogP) is 3.89. The van der Waals surface area contributed by atoms with Crippen LogP contribution in [0.4, 0.5) is 16.2 Å². The summed E-state index contributed by atoms with van der Waals surface area (Å²) in [4.78, 5) is 28.9. The van der Waals surface area contributed by atoms with Gasteiger partial charge in [0.15, 0.2) is 5.75 Å². The second-order valence-electron chi connectivity index (χ2n) is 8.51. The van der Waals surface area contributed by atoms with Gasteiger partial charge in [0.2, 0.25) is 5.91 Å². The third-order valence-corrected chi connectivity index (χ3v) is 6.33. The second kappa shape index (κ2) is 9.48. The SMILES string of the molecule is CC(=O)N1c2ccc(C(CN)CNC3CC3)cc2N(C(=O)Oc2ccccc2Cl)C[C@@H]1C. The smallest absolute Gasteiger partial charge is 0.408 e. The molecule has 2 aromatic rings. The molecule has 2 aromatic carbocycles. The van der Waals surface area contributed by atoms with Gasteiger partial charge in [-0.1, -0.05) is 29.8 Å². The molecule has 1 aliphatic carbocycles. The van der Waals surface area contributed by atoms with Gasteiger partial charge in [0.05, 0.1) is 22.4 Å². The molecule has 32 heavy (non-hydrogen) atoms. The zero-order chi connectivity index (χ0) is 22.8. The van der Waals surface area contributed by atoms with Crippen molar-refractivity contribution in [1.29, 1.82) is 0 Å². The van der Waals surface area contributed by atoms with E-state index in [1.807, 2.05) is 25.1 Å². The summed E-state index contributed by atoms with van der Waals surface area (Å²) in [6.45, 7) is 5.02. The van der Waals surface area contributed by atoms with Crippen LogP contribution in [-0.4, -0.2) is 43.7 Å². The predicted molar refractivity (Wildman–Crippen MR) is 127 cm³/mol. The van der Waals surface area contributed by atoms with Crippen LogP contribution >= 0.6 is 11.6 Å². The third-order valence-electron chi connectivity index (χ3n) is 6.02. The first-order valence-corrected chi connectivity index (χ1v) is 11.4. The van der Waals surface area contributed by atoms with Crippen LogP contribution in [-0.2, 0) is 4.79 Å². The molecule has 1 heterocycles. The van der Waals surface area contributed by atoms with Crippen LogP contribution in [0.25, 0.3) is 0 Å². The molecule has 4 rings (SSSR count). The number of anilines is 2. The Balaban J connectivity index is 1.67. The fraction of sp³-hybridized carbons (Fsp3) is 0.417. The number of ether oxygens (including phenoxy) is 1. The molecule has 1 fully saturated rings. The molecule has 0 bridgehead atoms. The monoisotopic (exact) mass is 456 g/mol. The van der Waals surface area contributed by atoms with Crippen molar-refractivity contribution >= 4 is 35.0 Å². The average Bonchev–Trinajstić information content (AvgIpc) is 3.59. The maximum absolute atomic E-state index is 13.2. The molecule has 0 spiro atoms. The number of amides is 2. The van der Waals surface area contributed by atoms with Crippen LogP contribution in [0.3, 0.4) is 0 Å². The molecule has 0 aromatic heterocycles. The quantitative estimate of drug-likeness (QED) is 0.688. The van der Waals surface area contributed by atoms with Gasteiger partial charge >= 0.3 is 6.09 Å². The van der Waals surface area contributed by atoms with Gasteiger partial charge < -0.3 is 20.7 Å². The number of fused-ring (bicyclic) bond motifs is 1. The van der Waals surface area contributed by atoms with Gasteiger partial charge in [0.1, 0.15) is 0 Å². The molecular formula is C24H29ClN4O3. The molecule has 0 radical (unpaired) electrons. The van der Waals surface area contributed by atoms with Crippen molar-refractivity contribution in [2.45, 2.75) is 44.7 Å². The van der Waals surface area contributed by atoms with Crippen molar-refractivity contribution in [3.05, 3.63) is 53.1 Å². The highest BCUT2D eigenvalue weighted by atomic mass is 35.5. The number of hydrogen-bond donors (Lipinski definition) is 2. The molecule has 7 nitrogen and oxygen atoms in total. The van der Waals surface area contributed by atoms with E-state index in [4.69, 9.17) is 22.1 Å². The largest absolute Gasteiger partial charge is 0.419 e. The lowest BCUT2D eigenvalue weighted by Crippen LogP contribution is -2.52. The first-order valence-electron chi connectivity index (χ1n) is 11.0. The zero-order valence-electron chi connectivity index (χ0n) is 18.4. The van der Waals surface area contributed by atoms with Gasteiger partial charge in [-0.05, 0) is 49.6 Å². The van der Waals surface area contributed by atoms with E-state index in [1.165, 1.54) is 19.8 Å². The van der Waals surface area contributed by atoms with Crippen molar-refractivity contribution in [2.75, 3.05) is 29.4 Å². The number of hydrogen-bond acceptors (Lipinski definition) is 5. The van der Waals surface area contributed by atoms with Gasteiger partial charge in [-0.25, -0.2) is 4.79 Å². The van der Waals surface area contributed by atoms with Crippen molar-refractivity contribution in [2.24, 2.45) is 5.73 Å². The molecule has 8 heteroatoms. The van der Waals surface area contributed by atoms with Crippen molar-refractivity contribution in [3.8, 4) is 5.75 Å². The highest BCUT2D eigenvalue weighted by Crippen LogP contribution is 2.39. The minimum absolute atomic E-state index is 0.0728. The minimum Gasteiger partial charge on any atom is -0.408 e. The molecule has 2 atom stereocenters. The number of nitrogens with zero attached hydrogens (tertiary/aromatic N) is 2. The van der Waals surface area contributed by atoms with E-state index in [0.29, 0.717) is 41.3 Å². The van der Waals surface area contributed by atoms with Crippen LogP contribution in [0.2, 0.25) is 5.02 Å². The lowest BCUT2D eigenvalue weighted by Gasteiger charge is -2.40. The fourth-order valence-corrected chi connectivity index (χ4v) is 4.33. The molecule has 2 aliphatic rings. The standard InChI is InChI=1S/C24H29ClN4O3/c1-15-14-28(24(31)32-23-6-4-3-5-20(23)25)22-11-17(7-10-21(22)29(15)16(2)30)18(12-26)13-27-19-8-9-19/h3-7,10-11,15,18-19,27H,8-9,12-14,26H2,1-2H3/t15-,18?/m0/s1. The number of carbonyl (C=O) groups excluding carboxylic acids is 2. The lowest BCUT2D eigenvalue weighted by molar-refractivity contribution is -0.117. The average molecular weight is 457 g/mol. The Kier molecular flexibility index (Phi) is 6.69. The van der Waals surface area contributed by atoms with Crippen LogP contribution in [0, 0.1) is 0 Å². The number of benzene rings is 2. The molecule has 2 amide bonds. The van der Waals surface area contributed by atoms with E-state index in [-0.39, 0.29) is 17.9 Å². The fourth-order valence-electron chi connectivity index (χ4n) is 4.16. The van der Waals surface area contributed by atoms with Crippen LogP contribution in [0.5, 0.6) is 5.75 Å². The van der Waals surface area contributed by atoms with E-state index in [0.717, 1.165) is 12.1 Å². The number of carbonyl (C=O) groups is 2. The summed E-state index contributed by atoms with van der Waals surface area (Å²) in [6.07, 6.45) is 1.87. The summed E-state index contributed by atoms with van der Waals surface area (Å²) in [6, 6.07) is 13.1. The Labute approximate surface area is 193 Å². The van der Waals surface area contributed by atoms with Gasteiger partial charge in [-0.3, -0.25) is 9.69 Å².